The van der Waals surface area contributed by atoms with Crippen molar-refractivity contribution >= 4 is 23.3 Å². The number of nitrogens with zero attached hydrogens (tertiary/aromatic N) is 2. The molecule has 0 fully saturated rings. The molecule has 166 valence electrons. The monoisotopic (exact) mass is 421 g/mol. The van der Waals surface area contributed by atoms with Crippen molar-refractivity contribution in [2.45, 2.75) is 65.6 Å². The Morgan fingerprint density at radius 3 is 2.43 bits per heavy atom. The minimum atomic E-state index is -0.914. The minimum Gasteiger partial charge on any atom is -0.493 e. The fraction of sp³-hybridized carbons (Fsp3) is 0.571. The second kappa shape index (κ2) is 8.91. The molecular formula is C21H31N3O6. The molecule has 0 aromatic carbocycles. The summed E-state index contributed by atoms with van der Waals surface area (Å²) in [6, 6.07) is 1.59. The van der Waals surface area contributed by atoms with E-state index in [1.165, 1.54) is 11.6 Å². The highest BCUT2D eigenvalue weighted by molar-refractivity contribution is 6.00. The third kappa shape index (κ3) is 6.09. The zero-order chi connectivity index (χ0) is 22.7. The molecule has 0 atom stereocenters. The highest BCUT2D eigenvalue weighted by Gasteiger charge is 2.25. The Bertz CT molecular complexity index is 921. The van der Waals surface area contributed by atoms with Gasteiger partial charge in [-0.2, -0.15) is 5.10 Å². The number of rotatable bonds is 7. The molecule has 2 aromatic heterocycles. The maximum absolute atomic E-state index is 12.7. The Hall–Kier alpha value is -2.81. The fourth-order valence-corrected chi connectivity index (χ4v) is 2.82. The molecule has 1 amide bonds. The number of esters is 1. The van der Waals surface area contributed by atoms with Gasteiger partial charge in [0, 0.05) is 0 Å². The lowest BCUT2D eigenvalue weighted by Crippen LogP contribution is -2.27. The van der Waals surface area contributed by atoms with E-state index < -0.39 is 23.3 Å². The summed E-state index contributed by atoms with van der Waals surface area (Å²) >= 11 is 0. The fourth-order valence-electron chi connectivity index (χ4n) is 2.82. The van der Waals surface area contributed by atoms with Crippen molar-refractivity contribution in [3.8, 4) is 5.75 Å². The number of aryl methyl sites for hydroxylation is 1. The number of fused-ring (bicyclic) bond motifs is 1. The third-order valence-corrected chi connectivity index (χ3v) is 4.11. The lowest BCUT2D eigenvalue weighted by atomic mass is 10.00. The van der Waals surface area contributed by atoms with Crippen LogP contribution in [-0.4, -0.2) is 51.7 Å². The standard InChI is InChI=1S/C21H31N3O6/c1-8-29-18(25)17-13(9-10-21(5,6)27)23-24-12-16(28-7)14(11-15(17)24)22-19(26)30-20(2,3)4/h11-12,27H,8-10H2,1-7H3,(H,22,26). The largest absolute Gasteiger partial charge is 0.493 e. The minimum absolute atomic E-state index is 0.209. The van der Waals surface area contributed by atoms with E-state index in [1.807, 2.05) is 0 Å². The molecule has 2 heterocycles. The van der Waals surface area contributed by atoms with Crippen LogP contribution in [0.3, 0.4) is 0 Å². The van der Waals surface area contributed by atoms with Crippen molar-refractivity contribution in [1.29, 1.82) is 0 Å². The van der Waals surface area contributed by atoms with Gasteiger partial charge in [0.15, 0.2) is 5.75 Å². The molecule has 0 bridgehead atoms. The predicted molar refractivity (Wildman–Crippen MR) is 112 cm³/mol. The molecule has 0 radical (unpaired) electrons. The Labute approximate surface area is 176 Å². The van der Waals surface area contributed by atoms with Gasteiger partial charge in [-0.25, -0.2) is 14.1 Å². The van der Waals surface area contributed by atoms with Crippen LogP contribution in [0.15, 0.2) is 12.3 Å². The maximum atomic E-state index is 12.7. The van der Waals surface area contributed by atoms with E-state index >= 15 is 0 Å². The van der Waals surface area contributed by atoms with Crippen molar-refractivity contribution < 1.29 is 28.9 Å². The summed E-state index contributed by atoms with van der Waals surface area (Å²) in [4.78, 5) is 24.9. The third-order valence-electron chi connectivity index (χ3n) is 4.11. The van der Waals surface area contributed by atoms with Crippen LogP contribution in [0.5, 0.6) is 5.75 Å². The van der Waals surface area contributed by atoms with Gasteiger partial charge in [0.1, 0.15) is 11.2 Å². The second-order valence-electron chi connectivity index (χ2n) is 8.57. The maximum Gasteiger partial charge on any atom is 0.412 e. The van der Waals surface area contributed by atoms with Crippen LogP contribution in [0, 0.1) is 0 Å². The van der Waals surface area contributed by atoms with Crippen LogP contribution in [-0.2, 0) is 15.9 Å². The van der Waals surface area contributed by atoms with Gasteiger partial charge in [-0.1, -0.05) is 0 Å². The van der Waals surface area contributed by atoms with E-state index in [4.69, 9.17) is 14.2 Å². The smallest absolute Gasteiger partial charge is 0.412 e. The summed E-state index contributed by atoms with van der Waals surface area (Å²) in [6.07, 6.45) is 1.70. The first-order valence-corrected chi connectivity index (χ1v) is 9.83. The predicted octanol–water partition coefficient (Wildman–Crippen LogP) is 3.57. The molecule has 2 rings (SSSR count). The lowest BCUT2D eigenvalue weighted by molar-refractivity contribution is 0.0522. The number of amides is 1. The van der Waals surface area contributed by atoms with Gasteiger partial charge in [-0.05, 0) is 60.5 Å². The van der Waals surface area contributed by atoms with Crippen LogP contribution in [0.2, 0.25) is 0 Å². The van der Waals surface area contributed by atoms with Gasteiger partial charge in [-0.3, -0.25) is 5.32 Å². The van der Waals surface area contributed by atoms with E-state index in [0.717, 1.165) is 0 Å². The van der Waals surface area contributed by atoms with E-state index in [0.29, 0.717) is 35.5 Å². The molecular weight excluding hydrogens is 390 g/mol. The van der Waals surface area contributed by atoms with E-state index in [-0.39, 0.29) is 12.2 Å². The summed E-state index contributed by atoms with van der Waals surface area (Å²) in [7, 11) is 1.46. The van der Waals surface area contributed by atoms with Crippen LogP contribution in [0.25, 0.3) is 5.52 Å². The first kappa shape index (κ1) is 23.5. The van der Waals surface area contributed by atoms with Crippen LogP contribution < -0.4 is 10.1 Å². The molecule has 0 unspecified atom stereocenters. The number of aliphatic hydroxyl groups is 1. The van der Waals surface area contributed by atoms with E-state index in [2.05, 4.69) is 10.4 Å². The number of carbonyl (C=O) groups is 2. The van der Waals surface area contributed by atoms with Crippen molar-refractivity contribution in [2.24, 2.45) is 0 Å². The molecule has 9 nitrogen and oxygen atoms in total. The van der Waals surface area contributed by atoms with Gasteiger partial charge in [-0.15, -0.1) is 0 Å². The molecule has 2 aromatic rings. The van der Waals surface area contributed by atoms with Crippen molar-refractivity contribution in [3.63, 3.8) is 0 Å². The average Bonchev–Trinajstić information content (AvgIpc) is 2.94. The Morgan fingerprint density at radius 2 is 1.90 bits per heavy atom. The number of pyridine rings is 1. The SMILES string of the molecule is CCOC(=O)c1c(CCC(C)(C)O)nn2cc(OC)c(NC(=O)OC(C)(C)C)cc12. The second-order valence-corrected chi connectivity index (χ2v) is 8.57. The van der Waals surface area contributed by atoms with Gasteiger partial charge >= 0.3 is 12.1 Å². The molecule has 0 saturated heterocycles. The van der Waals surface area contributed by atoms with Gasteiger partial charge in [0.05, 0.1) is 42.4 Å². The number of anilines is 1. The Kier molecular flexibility index (Phi) is 6.97. The van der Waals surface area contributed by atoms with Crippen LogP contribution >= 0.6 is 0 Å². The van der Waals surface area contributed by atoms with Crippen LogP contribution in [0.1, 0.15) is 64.0 Å². The molecule has 9 heteroatoms. The molecule has 30 heavy (non-hydrogen) atoms. The normalized spacial score (nSPS) is 12.0. The van der Waals surface area contributed by atoms with Gasteiger partial charge < -0.3 is 19.3 Å². The Balaban J connectivity index is 2.53. The van der Waals surface area contributed by atoms with Crippen molar-refractivity contribution in [3.05, 3.63) is 23.5 Å². The molecule has 0 aliphatic carbocycles. The molecule has 0 aliphatic heterocycles. The first-order valence-electron chi connectivity index (χ1n) is 9.83. The number of hydrogen-bond acceptors (Lipinski definition) is 7. The molecule has 0 spiro atoms. The van der Waals surface area contributed by atoms with Crippen LogP contribution in [0.4, 0.5) is 10.5 Å². The number of carbonyl (C=O) groups excluding carboxylic acids is 2. The summed E-state index contributed by atoms with van der Waals surface area (Å²) in [5.74, 6) is -0.174. The van der Waals surface area contributed by atoms with Crippen molar-refractivity contribution in [2.75, 3.05) is 19.0 Å². The summed E-state index contributed by atoms with van der Waals surface area (Å²) in [5.41, 5.74) is -0.0193. The summed E-state index contributed by atoms with van der Waals surface area (Å²) in [5, 5.41) is 17.2. The summed E-state index contributed by atoms with van der Waals surface area (Å²) < 4.78 is 17.4. The van der Waals surface area contributed by atoms with Gasteiger partial charge in [0.2, 0.25) is 0 Å². The van der Waals surface area contributed by atoms with Crippen molar-refractivity contribution in [1.82, 2.24) is 9.61 Å². The number of nitrogens with one attached hydrogen (secondary N) is 1. The van der Waals surface area contributed by atoms with E-state index in [1.54, 1.807) is 53.8 Å². The molecule has 2 N–H and O–H groups in total. The molecule has 0 saturated carbocycles. The summed E-state index contributed by atoms with van der Waals surface area (Å²) in [6.45, 7) is 10.6. The number of hydrogen-bond donors (Lipinski definition) is 2. The zero-order valence-electron chi connectivity index (χ0n) is 18.7. The number of aromatic nitrogens is 2. The quantitative estimate of drug-likeness (QED) is 0.657. The Morgan fingerprint density at radius 1 is 1.23 bits per heavy atom. The average molecular weight is 421 g/mol. The number of ether oxygens (including phenoxy) is 3. The number of methoxy groups -OCH3 is 1. The highest BCUT2D eigenvalue weighted by Crippen LogP contribution is 2.30. The van der Waals surface area contributed by atoms with Gasteiger partial charge in [0.25, 0.3) is 0 Å². The topological polar surface area (TPSA) is 111 Å². The lowest BCUT2D eigenvalue weighted by Gasteiger charge is -2.20. The zero-order valence-corrected chi connectivity index (χ0v) is 18.7. The highest BCUT2D eigenvalue weighted by atomic mass is 16.6. The van der Waals surface area contributed by atoms with E-state index in [9.17, 15) is 14.7 Å². The molecule has 0 aliphatic rings. The first-order chi connectivity index (χ1) is 13.8.